The van der Waals surface area contributed by atoms with Crippen LogP contribution in [0.5, 0.6) is 0 Å². The van der Waals surface area contributed by atoms with Crippen LogP contribution < -0.4 is 0 Å². The van der Waals surface area contributed by atoms with Gasteiger partial charge in [-0.2, -0.15) is 13.2 Å². The van der Waals surface area contributed by atoms with Crippen molar-refractivity contribution in [2.24, 2.45) is 0 Å². The van der Waals surface area contributed by atoms with E-state index in [1.807, 2.05) is 0 Å². The minimum atomic E-state index is -4.84. The van der Waals surface area contributed by atoms with Gasteiger partial charge in [0.2, 0.25) is 0 Å². The lowest BCUT2D eigenvalue weighted by Gasteiger charge is -2.26. The topological polar surface area (TPSA) is 60.7 Å². The number of aliphatic hydroxyl groups is 3. The van der Waals surface area contributed by atoms with Crippen LogP contribution >= 0.6 is 0 Å². The maximum atomic E-state index is 12.0. The van der Waals surface area contributed by atoms with Gasteiger partial charge in [0.1, 0.15) is 12.2 Å². The number of aliphatic hydroxyl groups excluding tert-OH is 3. The Morgan fingerprint density at radius 1 is 1.29 bits per heavy atom. The summed E-state index contributed by atoms with van der Waals surface area (Å²) in [6, 6.07) is 0. The lowest BCUT2D eigenvalue weighted by Crippen LogP contribution is -2.40. The Hall–Kier alpha value is -0.850. The first-order chi connectivity index (χ1) is 6.34. The van der Waals surface area contributed by atoms with E-state index in [1.54, 1.807) is 0 Å². The predicted molar refractivity (Wildman–Crippen MR) is 41.3 cm³/mol. The third kappa shape index (κ3) is 2.14. The van der Waals surface area contributed by atoms with Gasteiger partial charge in [-0.15, -0.1) is 0 Å². The highest BCUT2D eigenvalue weighted by molar-refractivity contribution is 5.29. The van der Waals surface area contributed by atoms with Crippen molar-refractivity contribution in [2.45, 2.75) is 24.5 Å². The molecule has 0 saturated heterocycles. The molecule has 0 aromatic heterocycles. The summed E-state index contributed by atoms with van der Waals surface area (Å²) in [6.07, 6.45) is -7.47. The highest BCUT2D eigenvalue weighted by Crippen LogP contribution is 2.29. The monoisotopic (exact) mass is 210 g/mol. The zero-order chi connectivity index (χ0) is 10.9. The maximum absolute atomic E-state index is 12.0. The Morgan fingerprint density at radius 2 is 1.86 bits per heavy atom. The third-order valence-electron chi connectivity index (χ3n) is 1.89. The molecule has 0 aliphatic heterocycles. The second kappa shape index (κ2) is 3.72. The zero-order valence-electron chi connectivity index (χ0n) is 6.94. The smallest absolute Gasteiger partial charge is 0.386 e. The minimum absolute atomic E-state index is 0.646. The largest absolute Gasteiger partial charge is 0.418 e. The minimum Gasteiger partial charge on any atom is -0.386 e. The third-order valence-corrected chi connectivity index (χ3v) is 1.89. The molecule has 1 aliphatic rings. The van der Waals surface area contributed by atoms with E-state index in [0.717, 1.165) is 18.2 Å². The van der Waals surface area contributed by atoms with E-state index >= 15 is 0 Å². The van der Waals surface area contributed by atoms with Crippen LogP contribution in [0.2, 0.25) is 0 Å². The van der Waals surface area contributed by atoms with Gasteiger partial charge in [-0.25, -0.2) is 0 Å². The quantitative estimate of drug-likeness (QED) is 0.576. The van der Waals surface area contributed by atoms with E-state index in [9.17, 15) is 13.2 Å². The van der Waals surface area contributed by atoms with Crippen LogP contribution in [0, 0.1) is 0 Å². The first kappa shape index (κ1) is 11.2. The average Bonchev–Trinajstić information content (AvgIpc) is 2.07. The normalized spacial score (nSPS) is 30.0. The van der Waals surface area contributed by atoms with Gasteiger partial charge in [0, 0.05) is 0 Å². The van der Waals surface area contributed by atoms with Crippen LogP contribution in [0.1, 0.15) is 0 Å². The molecule has 0 unspecified atom stereocenters. The molecule has 0 saturated carbocycles. The molecule has 1 aliphatic carbocycles. The van der Waals surface area contributed by atoms with E-state index in [4.69, 9.17) is 15.3 Å². The van der Waals surface area contributed by atoms with Crippen molar-refractivity contribution in [1.29, 1.82) is 0 Å². The number of halogens is 3. The molecule has 14 heavy (non-hydrogen) atoms. The van der Waals surface area contributed by atoms with Crippen molar-refractivity contribution >= 4 is 0 Å². The standard InChI is InChI=1S/C8H9F3O3/c9-8(10,11)7(14)4-2-1-3-5(12)6(4)13/h1-3,5-7,12-14H/t5-,6+,7-/m0/s1. The van der Waals surface area contributed by atoms with Crippen molar-refractivity contribution in [3.8, 4) is 0 Å². The molecule has 0 heterocycles. The van der Waals surface area contributed by atoms with Gasteiger partial charge < -0.3 is 15.3 Å². The first-order valence-electron chi connectivity index (χ1n) is 3.83. The van der Waals surface area contributed by atoms with Gasteiger partial charge in [-0.1, -0.05) is 18.2 Å². The zero-order valence-corrected chi connectivity index (χ0v) is 6.94. The number of hydrogen-bond donors (Lipinski definition) is 3. The molecule has 3 nitrogen and oxygen atoms in total. The van der Waals surface area contributed by atoms with Gasteiger partial charge in [0.05, 0.1) is 0 Å². The van der Waals surface area contributed by atoms with Gasteiger partial charge in [0.25, 0.3) is 0 Å². The van der Waals surface area contributed by atoms with Crippen LogP contribution in [0.3, 0.4) is 0 Å². The summed E-state index contributed by atoms with van der Waals surface area (Å²) in [5, 5.41) is 26.9. The van der Waals surface area contributed by atoms with Crippen molar-refractivity contribution in [1.82, 2.24) is 0 Å². The molecule has 80 valence electrons. The second-order valence-corrected chi connectivity index (χ2v) is 2.93. The Bertz CT molecular complexity index is 269. The van der Waals surface area contributed by atoms with E-state index in [1.165, 1.54) is 0 Å². The molecule has 0 spiro atoms. The summed E-state index contributed by atoms with van der Waals surface area (Å²) < 4.78 is 36.1. The molecular weight excluding hydrogens is 201 g/mol. The number of rotatable bonds is 1. The van der Waals surface area contributed by atoms with E-state index in [2.05, 4.69) is 0 Å². The summed E-state index contributed by atoms with van der Waals surface area (Å²) in [5.41, 5.74) is -0.646. The van der Waals surface area contributed by atoms with Gasteiger partial charge in [0.15, 0.2) is 6.10 Å². The molecule has 6 heteroatoms. The summed E-state index contributed by atoms with van der Waals surface area (Å²) >= 11 is 0. The summed E-state index contributed by atoms with van der Waals surface area (Å²) in [5.74, 6) is 0. The van der Waals surface area contributed by atoms with Crippen molar-refractivity contribution in [3.63, 3.8) is 0 Å². The van der Waals surface area contributed by atoms with Gasteiger partial charge in [-0.05, 0) is 5.57 Å². The van der Waals surface area contributed by atoms with Crippen LogP contribution in [0.4, 0.5) is 13.2 Å². The fourth-order valence-electron chi connectivity index (χ4n) is 1.12. The Balaban J connectivity index is 2.88. The Kier molecular flexibility index (Phi) is 2.98. The molecule has 0 bridgehead atoms. The fourth-order valence-corrected chi connectivity index (χ4v) is 1.12. The van der Waals surface area contributed by atoms with Crippen molar-refractivity contribution in [3.05, 3.63) is 23.8 Å². The predicted octanol–water partition coefficient (Wildman–Crippen LogP) is 0.128. The Labute approximate surface area is 77.8 Å². The van der Waals surface area contributed by atoms with E-state index in [0.29, 0.717) is 0 Å². The highest BCUT2D eigenvalue weighted by Gasteiger charge is 2.43. The van der Waals surface area contributed by atoms with Crippen LogP contribution in [0.25, 0.3) is 0 Å². The molecule has 1 rings (SSSR count). The highest BCUT2D eigenvalue weighted by atomic mass is 19.4. The SMILES string of the molecule is O[C@@H]1C([C@H](O)C(F)(F)F)=CC=C[C@@H]1O. The van der Waals surface area contributed by atoms with Crippen molar-refractivity contribution < 1.29 is 28.5 Å². The summed E-state index contributed by atoms with van der Waals surface area (Å²) in [6.45, 7) is 0. The second-order valence-electron chi connectivity index (χ2n) is 2.93. The lowest BCUT2D eigenvalue weighted by atomic mass is 9.94. The Morgan fingerprint density at radius 3 is 2.36 bits per heavy atom. The molecular formula is C8H9F3O3. The molecule has 3 N–H and O–H groups in total. The molecule has 0 radical (unpaired) electrons. The molecule has 0 aromatic carbocycles. The molecule has 0 aromatic rings. The van der Waals surface area contributed by atoms with E-state index < -0.39 is 30.1 Å². The van der Waals surface area contributed by atoms with Crippen molar-refractivity contribution in [2.75, 3.05) is 0 Å². The van der Waals surface area contributed by atoms with Gasteiger partial charge in [-0.3, -0.25) is 0 Å². The summed E-state index contributed by atoms with van der Waals surface area (Å²) in [7, 11) is 0. The maximum Gasteiger partial charge on any atom is 0.418 e. The van der Waals surface area contributed by atoms with E-state index in [-0.39, 0.29) is 0 Å². The number of alkyl halides is 3. The van der Waals surface area contributed by atoms with Crippen LogP contribution in [0.15, 0.2) is 23.8 Å². The lowest BCUT2D eigenvalue weighted by molar-refractivity contribution is -0.195. The molecule has 0 fully saturated rings. The summed E-state index contributed by atoms with van der Waals surface area (Å²) in [4.78, 5) is 0. The number of hydrogen-bond acceptors (Lipinski definition) is 3. The van der Waals surface area contributed by atoms with Crippen LogP contribution in [-0.4, -0.2) is 39.8 Å². The van der Waals surface area contributed by atoms with Gasteiger partial charge >= 0.3 is 6.18 Å². The van der Waals surface area contributed by atoms with Crippen LogP contribution in [-0.2, 0) is 0 Å². The molecule has 3 atom stereocenters. The first-order valence-corrected chi connectivity index (χ1v) is 3.83. The average molecular weight is 210 g/mol. The number of allylic oxidation sites excluding steroid dienone is 2. The molecule has 0 amide bonds. The fraction of sp³-hybridized carbons (Fsp3) is 0.500.